The number of benzene rings is 1. The van der Waals surface area contributed by atoms with E-state index in [1.807, 2.05) is 6.07 Å². The number of nitrogens with one attached hydrogen (secondary N) is 1. The van der Waals surface area contributed by atoms with Gasteiger partial charge in [-0.15, -0.1) is 0 Å². The summed E-state index contributed by atoms with van der Waals surface area (Å²) in [5, 5.41) is 11.6. The van der Waals surface area contributed by atoms with E-state index in [-0.39, 0.29) is 6.61 Å². The van der Waals surface area contributed by atoms with Gasteiger partial charge in [0.1, 0.15) is 11.6 Å². The molecule has 7 nitrogen and oxygen atoms in total. The van der Waals surface area contributed by atoms with E-state index in [1.165, 1.54) is 6.26 Å². The maximum atomic E-state index is 12.2. The number of esters is 1. The molecule has 26 heavy (non-hydrogen) atoms. The van der Waals surface area contributed by atoms with Crippen LogP contribution in [0.4, 0.5) is 4.79 Å². The zero-order chi connectivity index (χ0) is 19.6. The second-order valence-corrected chi connectivity index (χ2v) is 6.36. The Bertz CT molecular complexity index is 659. The monoisotopic (exact) mass is 360 g/mol. The van der Waals surface area contributed by atoms with E-state index in [0.29, 0.717) is 5.56 Å². The average Bonchev–Trinajstić information content (AvgIpc) is 2.58. The number of hydrogen-bond acceptors (Lipinski definition) is 6. The van der Waals surface area contributed by atoms with Crippen molar-refractivity contribution >= 4 is 12.1 Å². The Hall–Kier alpha value is -2.85. The lowest BCUT2D eigenvalue weighted by Crippen LogP contribution is -2.41. The maximum Gasteiger partial charge on any atom is 0.408 e. The molecule has 7 heteroatoms. The molecule has 1 amide bonds. The number of carbonyl (C=O) groups excluding carboxylic acids is 2. The van der Waals surface area contributed by atoms with Crippen molar-refractivity contribution < 1.29 is 23.8 Å². The highest BCUT2D eigenvalue weighted by atomic mass is 16.6. The molecule has 0 spiro atoms. The Morgan fingerprint density at radius 2 is 1.92 bits per heavy atom. The second kappa shape index (κ2) is 10.2. The van der Waals surface area contributed by atoms with E-state index in [9.17, 15) is 14.9 Å². The zero-order valence-electron chi connectivity index (χ0n) is 15.4. The van der Waals surface area contributed by atoms with Crippen LogP contribution in [0.15, 0.2) is 42.7 Å². The van der Waals surface area contributed by atoms with Crippen LogP contribution in [0.3, 0.4) is 0 Å². The summed E-state index contributed by atoms with van der Waals surface area (Å²) in [6.07, 6.45) is 1.06. The quantitative estimate of drug-likeness (QED) is 0.592. The van der Waals surface area contributed by atoms with Crippen molar-refractivity contribution in [2.24, 2.45) is 0 Å². The zero-order valence-corrected chi connectivity index (χ0v) is 15.4. The number of ether oxygens (including phenoxy) is 3. The third-order valence-electron chi connectivity index (χ3n) is 2.91. The number of allylic oxidation sites excluding steroid dienone is 1. The lowest BCUT2D eigenvalue weighted by Gasteiger charge is -2.22. The third kappa shape index (κ3) is 7.81. The number of hydrogen-bond donors (Lipinski definition) is 1. The Kier molecular flexibility index (Phi) is 8.32. The first kappa shape index (κ1) is 21.2. The molecule has 140 valence electrons. The van der Waals surface area contributed by atoms with E-state index in [4.69, 9.17) is 14.2 Å². The number of amides is 1. The van der Waals surface area contributed by atoms with Gasteiger partial charge in [-0.25, -0.2) is 9.59 Å². The Morgan fingerprint density at radius 3 is 2.46 bits per heavy atom. The smallest absolute Gasteiger partial charge is 0.408 e. The number of carbonyl (C=O) groups is 2. The van der Waals surface area contributed by atoms with E-state index in [2.05, 4.69) is 5.32 Å². The molecule has 1 aromatic carbocycles. The van der Waals surface area contributed by atoms with Gasteiger partial charge in [-0.1, -0.05) is 36.4 Å². The molecule has 0 heterocycles. The molecule has 0 bridgehead atoms. The van der Waals surface area contributed by atoms with Gasteiger partial charge in [-0.3, -0.25) is 0 Å². The highest BCUT2D eigenvalue weighted by molar-refractivity contribution is 5.77. The van der Waals surface area contributed by atoms with E-state index in [0.717, 1.165) is 0 Å². The fourth-order valence-corrected chi connectivity index (χ4v) is 1.88. The van der Waals surface area contributed by atoms with Crippen molar-refractivity contribution in [3.63, 3.8) is 0 Å². The molecule has 0 fully saturated rings. The molecular formula is C19H24N2O5. The average molecular weight is 360 g/mol. The highest BCUT2D eigenvalue weighted by Crippen LogP contribution is 2.19. The molecule has 0 aromatic heterocycles. The summed E-state index contributed by atoms with van der Waals surface area (Å²) in [6, 6.07) is 9.67. The van der Waals surface area contributed by atoms with Gasteiger partial charge in [0.05, 0.1) is 18.9 Å². The van der Waals surface area contributed by atoms with Crippen LogP contribution in [-0.2, 0) is 19.0 Å². The van der Waals surface area contributed by atoms with Crippen LogP contribution >= 0.6 is 0 Å². The van der Waals surface area contributed by atoms with Gasteiger partial charge in [0.25, 0.3) is 0 Å². The Balaban J connectivity index is 2.76. The van der Waals surface area contributed by atoms with Gasteiger partial charge in [-0.2, -0.15) is 5.26 Å². The largest absolute Gasteiger partial charge is 0.444 e. The fraction of sp³-hybridized carbons (Fsp3) is 0.421. The van der Waals surface area contributed by atoms with Gasteiger partial charge in [0, 0.05) is 0 Å². The summed E-state index contributed by atoms with van der Waals surface area (Å²) >= 11 is 0. The van der Waals surface area contributed by atoms with Gasteiger partial charge < -0.3 is 19.5 Å². The predicted octanol–water partition coefficient (Wildman–Crippen LogP) is 3.24. The fourth-order valence-electron chi connectivity index (χ4n) is 1.88. The van der Waals surface area contributed by atoms with Crippen molar-refractivity contribution in [1.29, 1.82) is 5.26 Å². The lowest BCUT2D eigenvalue weighted by molar-refractivity contribution is -0.152. The minimum absolute atomic E-state index is 0.208. The standard InChI is InChI=1S/C19H24N2O5/c1-5-11-24-17(22)16(14-9-7-6-8-10-14)25-13-15(12-20)21-18(23)26-19(2,3)4/h5-11,15-16H,13H2,1-4H3,(H,21,23)/t15-,16?/m0/s1. The van der Waals surface area contributed by atoms with Gasteiger partial charge in [0.2, 0.25) is 0 Å². The summed E-state index contributed by atoms with van der Waals surface area (Å²) in [5.74, 6) is -0.622. The number of nitriles is 1. The van der Waals surface area contributed by atoms with Crippen molar-refractivity contribution in [3.8, 4) is 6.07 Å². The van der Waals surface area contributed by atoms with Crippen molar-refractivity contribution in [2.45, 2.75) is 45.4 Å². The summed E-state index contributed by atoms with van der Waals surface area (Å²) in [6.45, 7) is 6.65. The van der Waals surface area contributed by atoms with Crippen LogP contribution in [0.2, 0.25) is 0 Å². The van der Waals surface area contributed by atoms with Crippen LogP contribution in [0, 0.1) is 11.3 Å². The molecular weight excluding hydrogens is 336 g/mol. The molecule has 1 rings (SSSR count). The van der Waals surface area contributed by atoms with Gasteiger partial charge in [0.15, 0.2) is 6.10 Å². The SMILES string of the molecule is CC=COC(=O)C(OC[C@H](C#N)NC(=O)OC(C)(C)C)c1ccccc1. The van der Waals surface area contributed by atoms with Crippen molar-refractivity contribution in [1.82, 2.24) is 5.32 Å². The summed E-state index contributed by atoms with van der Waals surface area (Å²) in [7, 11) is 0. The molecule has 0 aliphatic rings. The predicted molar refractivity (Wildman–Crippen MR) is 94.8 cm³/mol. The second-order valence-electron chi connectivity index (χ2n) is 6.36. The van der Waals surface area contributed by atoms with Crippen LogP contribution < -0.4 is 5.32 Å². The molecule has 0 aliphatic carbocycles. The minimum Gasteiger partial charge on any atom is -0.444 e. The summed E-state index contributed by atoms with van der Waals surface area (Å²) in [5.41, 5.74) is -0.107. The first-order valence-electron chi connectivity index (χ1n) is 8.14. The Labute approximate surface area is 153 Å². The van der Waals surface area contributed by atoms with Gasteiger partial charge in [-0.05, 0) is 33.3 Å². The van der Waals surface area contributed by atoms with Crippen molar-refractivity contribution in [2.75, 3.05) is 6.61 Å². The third-order valence-corrected chi connectivity index (χ3v) is 2.91. The van der Waals surface area contributed by atoms with E-state index in [1.54, 1.807) is 64.1 Å². The van der Waals surface area contributed by atoms with Gasteiger partial charge >= 0.3 is 12.1 Å². The maximum absolute atomic E-state index is 12.2. The number of nitrogens with zero attached hydrogens (tertiary/aromatic N) is 1. The topological polar surface area (TPSA) is 97.6 Å². The highest BCUT2D eigenvalue weighted by Gasteiger charge is 2.25. The number of alkyl carbamates (subject to hydrolysis) is 1. The first-order chi connectivity index (χ1) is 12.3. The van der Waals surface area contributed by atoms with Crippen LogP contribution in [0.25, 0.3) is 0 Å². The van der Waals surface area contributed by atoms with Crippen molar-refractivity contribution in [3.05, 3.63) is 48.2 Å². The van der Waals surface area contributed by atoms with E-state index < -0.39 is 29.8 Å². The van der Waals surface area contributed by atoms with Crippen LogP contribution in [-0.4, -0.2) is 30.3 Å². The summed E-state index contributed by atoms with van der Waals surface area (Å²) < 4.78 is 15.7. The molecule has 1 aromatic rings. The molecule has 0 saturated heterocycles. The molecule has 1 unspecified atom stereocenters. The normalized spacial score (nSPS) is 13.5. The molecule has 0 radical (unpaired) electrons. The molecule has 0 aliphatic heterocycles. The van der Waals surface area contributed by atoms with E-state index >= 15 is 0 Å². The van der Waals surface area contributed by atoms with Crippen LogP contribution in [0.1, 0.15) is 39.4 Å². The summed E-state index contributed by atoms with van der Waals surface area (Å²) in [4.78, 5) is 24.0. The minimum atomic E-state index is -1.02. The lowest BCUT2D eigenvalue weighted by atomic mass is 10.1. The molecule has 0 saturated carbocycles. The van der Waals surface area contributed by atoms with Crippen LogP contribution in [0.5, 0.6) is 0 Å². The number of rotatable bonds is 7. The Morgan fingerprint density at radius 1 is 1.27 bits per heavy atom. The molecule has 1 N–H and O–H groups in total. The molecule has 2 atom stereocenters. The first-order valence-corrected chi connectivity index (χ1v) is 8.14.